The molecule has 1 N–H and O–H groups in total. The Bertz CT molecular complexity index is 1520. The Kier molecular flexibility index (Phi) is 6.10. The zero-order chi connectivity index (χ0) is 24.4. The average Bonchev–Trinajstić information content (AvgIpc) is 3.57. The minimum atomic E-state index is -0.221. The van der Waals surface area contributed by atoms with Gasteiger partial charge in [-0.15, -0.1) is 0 Å². The Balaban J connectivity index is 1.46. The molecule has 0 bridgehead atoms. The summed E-state index contributed by atoms with van der Waals surface area (Å²) in [5.74, 6) is 2.43. The van der Waals surface area contributed by atoms with E-state index in [4.69, 9.17) is 18.7 Å². The van der Waals surface area contributed by atoms with Crippen LogP contribution in [0.1, 0.15) is 5.89 Å². The summed E-state index contributed by atoms with van der Waals surface area (Å²) in [4.78, 5) is 22.2. The van der Waals surface area contributed by atoms with Crippen molar-refractivity contribution in [1.29, 1.82) is 0 Å². The first-order valence-electron chi connectivity index (χ1n) is 10.4. The molecule has 3 aromatic heterocycles. The molecule has 5 rings (SSSR count). The van der Waals surface area contributed by atoms with Crippen LogP contribution in [0.3, 0.4) is 0 Å². The van der Waals surface area contributed by atoms with Crippen LogP contribution in [0.15, 0.2) is 63.1 Å². The van der Waals surface area contributed by atoms with Gasteiger partial charge in [-0.1, -0.05) is 35.1 Å². The summed E-state index contributed by atoms with van der Waals surface area (Å²) < 4.78 is 23.2. The van der Waals surface area contributed by atoms with Crippen molar-refractivity contribution in [2.24, 2.45) is 0 Å². The summed E-state index contributed by atoms with van der Waals surface area (Å²) in [7, 11) is 4.61. The molecule has 0 aliphatic carbocycles. The molecule has 3 heterocycles. The molecular weight excluding hydrogens is 472 g/mol. The molecule has 0 saturated heterocycles. The number of ether oxygens (including phenoxy) is 3. The van der Waals surface area contributed by atoms with Gasteiger partial charge in [0.15, 0.2) is 22.3 Å². The van der Waals surface area contributed by atoms with E-state index in [1.807, 2.05) is 30.3 Å². The van der Waals surface area contributed by atoms with Crippen molar-refractivity contribution in [1.82, 2.24) is 29.9 Å². The molecule has 5 aromatic rings. The summed E-state index contributed by atoms with van der Waals surface area (Å²) in [6.07, 6.45) is 1.47. The second kappa shape index (κ2) is 9.50. The van der Waals surface area contributed by atoms with Crippen LogP contribution in [0.2, 0.25) is 0 Å². The summed E-state index contributed by atoms with van der Waals surface area (Å²) in [5.41, 5.74) is 1.52. The van der Waals surface area contributed by atoms with Gasteiger partial charge in [0.1, 0.15) is 5.39 Å². The molecule has 0 saturated carbocycles. The minimum absolute atomic E-state index is 0.221. The number of aromatic nitrogens is 6. The van der Waals surface area contributed by atoms with E-state index in [0.29, 0.717) is 56.4 Å². The van der Waals surface area contributed by atoms with Crippen molar-refractivity contribution in [3.05, 3.63) is 64.9 Å². The van der Waals surface area contributed by atoms with Gasteiger partial charge in [0, 0.05) is 5.56 Å². The van der Waals surface area contributed by atoms with E-state index in [1.165, 1.54) is 39.3 Å². The maximum Gasteiger partial charge on any atom is 0.269 e. The number of para-hydroxylation sites is 1. The molecule has 0 fully saturated rings. The summed E-state index contributed by atoms with van der Waals surface area (Å²) in [5, 5.41) is 11.7. The zero-order valence-corrected chi connectivity index (χ0v) is 19.8. The predicted molar refractivity (Wildman–Crippen MR) is 128 cm³/mol. The lowest BCUT2D eigenvalue weighted by Crippen LogP contribution is -2.21. The van der Waals surface area contributed by atoms with Crippen molar-refractivity contribution < 1.29 is 18.7 Å². The fourth-order valence-electron chi connectivity index (χ4n) is 3.54. The molecule has 11 nitrogen and oxygen atoms in total. The van der Waals surface area contributed by atoms with Crippen LogP contribution >= 0.6 is 11.8 Å². The number of methoxy groups -OCH3 is 3. The number of nitrogens with one attached hydrogen (secondary N) is 1. The van der Waals surface area contributed by atoms with E-state index in [2.05, 4.69) is 25.3 Å². The van der Waals surface area contributed by atoms with E-state index in [-0.39, 0.29) is 11.3 Å². The van der Waals surface area contributed by atoms with Crippen molar-refractivity contribution >= 4 is 22.8 Å². The third-order valence-corrected chi connectivity index (χ3v) is 6.10. The summed E-state index contributed by atoms with van der Waals surface area (Å²) in [6, 6.07) is 12.8. The first-order valence-corrected chi connectivity index (χ1v) is 11.4. The lowest BCUT2D eigenvalue weighted by atomic mass is 10.1. The Morgan fingerprint density at radius 1 is 1.03 bits per heavy atom. The molecule has 0 atom stereocenters. The molecule has 2 aromatic carbocycles. The molecule has 0 aliphatic heterocycles. The maximum absolute atomic E-state index is 13.1. The molecule has 12 heteroatoms. The maximum atomic E-state index is 13.1. The Morgan fingerprint density at radius 2 is 1.77 bits per heavy atom. The first kappa shape index (κ1) is 22.5. The highest BCUT2D eigenvalue weighted by Gasteiger charge is 2.19. The molecule has 178 valence electrons. The lowest BCUT2D eigenvalue weighted by Gasteiger charge is -2.12. The number of thioether (sulfide) groups is 1. The summed E-state index contributed by atoms with van der Waals surface area (Å²) in [6.45, 7) is 0. The van der Waals surface area contributed by atoms with Crippen LogP contribution in [-0.2, 0) is 5.75 Å². The fraction of sp³-hybridized carbons (Fsp3) is 0.174. The number of hydrogen-bond donors (Lipinski definition) is 1. The topological polar surface area (TPSA) is 130 Å². The fourth-order valence-corrected chi connectivity index (χ4v) is 4.39. The Labute approximate surface area is 203 Å². The van der Waals surface area contributed by atoms with E-state index in [9.17, 15) is 4.79 Å². The second-order valence-electron chi connectivity index (χ2n) is 7.22. The number of rotatable bonds is 8. The molecule has 0 amide bonds. The monoisotopic (exact) mass is 492 g/mol. The molecule has 35 heavy (non-hydrogen) atoms. The lowest BCUT2D eigenvalue weighted by molar-refractivity contribution is 0.324. The number of nitrogens with zero attached hydrogens (tertiary/aromatic N) is 5. The number of H-pyrrole nitrogens is 1. The number of benzene rings is 2. The van der Waals surface area contributed by atoms with Gasteiger partial charge >= 0.3 is 0 Å². The van der Waals surface area contributed by atoms with Gasteiger partial charge in [0.2, 0.25) is 17.5 Å². The van der Waals surface area contributed by atoms with E-state index in [0.717, 1.165) is 0 Å². The number of hydrogen-bond acceptors (Lipinski definition) is 10. The summed E-state index contributed by atoms with van der Waals surface area (Å²) >= 11 is 1.30. The van der Waals surface area contributed by atoms with Gasteiger partial charge in [-0.25, -0.2) is 4.98 Å². The highest BCUT2D eigenvalue weighted by Crippen LogP contribution is 2.40. The molecular formula is C23H20N6O5S. The van der Waals surface area contributed by atoms with Gasteiger partial charge in [0.05, 0.1) is 39.0 Å². The van der Waals surface area contributed by atoms with E-state index >= 15 is 0 Å². The molecule has 0 spiro atoms. The Morgan fingerprint density at radius 3 is 2.46 bits per heavy atom. The number of fused-ring (bicyclic) bond motifs is 1. The van der Waals surface area contributed by atoms with Crippen molar-refractivity contribution in [3.63, 3.8) is 0 Å². The van der Waals surface area contributed by atoms with E-state index < -0.39 is 0 Å². The van der Waals surface area contributed by atoms with Gasteiger partial charge in [0.25, 0.3) is 5.56 Å². The third kappa shape index (κ3) is 4.19. The standard InChI is InChI=1S/C23H20N6O5S/c1-31-16-9-13(10-17(32-2)19(16)33-3)20-25-18(34-28-20)12-35-23-26-21-15(11-24-27-21)22(30)29(23)14-7-5-4-6-8-14/h4-11H,12H2,1-3H3,(H,24,27). The van der Waals surface area contributed by atoms with Gasteiger partial charge in [-0.05, 0) is 24.3 Å². The van der Waals surface area contributed by atoms with Gasteiger partial charge in [-0.3, -0.25) is 14.5 Å². The SMILES string of the molecule is COc1cc(-c2noc(CSc3nc4[nH]ncc4c(=O)n3-c3ccccc3)n2)cc(OC)c1OC. The largest absolute Gasteiger partial charge is 0.493 e. The highest BCUT2D eigenvalue weighted by atomic mass is 32.2. The third-order valence-electron chi connectivity index (χ3n) is 5.18. The van der Waals surface area contributed by atoms with Crippen molar-refractivity contribution in [2.75, 3.05) is 21.3 Å². The molecule has 0 unspecified atom stereocenters. The van der Waals surface area contributed by atoms with Crippen molar-refractivity contribution in [3.8, 4) is 34.3 Å². The van der Waals surface area contributed by atoms with Crippen molar-refractivity contribution in [2.45, 2.75) is 10.9 Å². The van der Waals surface area contributed by atoms with Crippen LogP contribution in [0.25, 0.3) is 28.1 Å². The zero-order valence-electron chi connectivity index (χ0n) is 19.0. The quantitative estimate of drug-likeness (QED) is 0.254. The molecule has 0 aliphatic rings. The van der Waals surface area contributed by atoms with Crippen LogP contribution in [0, 0.1) is 0 Å². The smallest absolute Gasteiger partial charge is 0.269 e. The van der Waals surface area contributed by atoms with Crippen LogP contribution in [0.5, 0.6) is 17.2 Å². The average molecular weight is 493 g/mol. The van der Waals surface area contributed by atoms with Gasteiger partial charge < -0.3 is 18.7 Å². The van der Waals surface area contributed by atoms with Crippen LogP contribution in [0.4, 0.5) is 0 Å². The number of aromatic amines is 1. The van der Waals surface area contributed by atoms with Crippen LogP contribution in [-0.4, -0.2) is 51.2 Å². The second-order valence-corrected chi connectivity index (χ2v) is 8.16. The highest BCUT2D eigenvalue weighted by molar-refractivity contribution is 7.98. The first-order chi connectivity index (χ1) is 17.1. The van der Waals surface area contributed by atoms with Crippen LogP contribution < -0.4 is 19.8 Å². The minimum Gasteiger partial charge on any atom is -0.493 e. The molecule has 0 radical (unpaired) electrons. The Hall–Kier alpha value is -4.32. The predicted octanol–water partition coefficient (Wildman–Crippen LogP) is 3.48. The van der Waals surface area contributed by atoms with Gasteiger partial charge in [-0.2, -0.15) is 10.1 Å². The van der Waals surface area contributed by atoms with E-state index in [1.54, 1.807) is 16.7 Å². The normalized spacial score (nSPS) is 11.1.